The fourth-order valence-corrected chi connectivity index (χ4v) is 2.44. The zero-order chi connectivity index (χ0) is 13.1. The van der Waals surface area contributed by atoms with Gasteiger partial charge in [0.1, 0.15) is 12.4 Å². The van der Waals surface area contributed by atoms with Crippen molar-refractivity contribution < 1.29 is 9.84 Å². The third kappa shape index (κ3) is 2.96. The Labute approximate surface area is 113 Å². The van der Waals surface area contributed by atoms with Crippen LogP contribution < -0.4 is 4.74 Å². The summed E-state index contributed by atoms with van der Waals surface area (Å²) in [6.07, 6.45) is 1.69. The van der Waals surface area contributed by atoms with E-state index in [-0.39, 0.29) is 6.10 Å². The lowest BCUT2D eigenvalue weighted by Gasteiger charge is -2.31. The predicted octanol–water partition coefficient (Wildman–Crippen LogP) is 3.50. The fourth-order valence-electron chi connectivity index (χ4n) is 2.44. The number of ether oxygens (including phenoxy) is 1. The SMILES string of the molecule is OC1CC(c2ccc(OCc3ccccc3)cc2)C1. The molecule has 1 fully saturated rings. The summed E-state index contributed by atoms with van der Waals surface area (Å²) in [5.74, 6) is 1.42. The van der Waals surface area contributed by atoms with Crippen LogP contribution in [0, 0.1) is 0 Å². The average molecular weight is 254 g/mol. The first-order valence-corrected chi connectivity index (χ1v) is 6.76. The summed E-state index contributed by atoms with van der Waals surface area (Å²) in [5.41, 5.74) is 2.48. The number of hydrogen-bond acceptors (Lipinski definition) is 2. The Kier molecular flexibility index (Phi) is 3.51. The fraction of sp³-hybridized carbons (Fsp3) is 0.294. The number of aliphatic hydroxyl groups is 1. The van der Waals surface area contributed by atoms with E-state index >= 15 is 0 Å². The molecule has 3 rings (SSSR count). The van der Waals surface area contributed by atoms with E-state index in [2.05, 4.69) is 24.3 Å². The summed E-state index contributed by atoms with van der Waals surface area (Å²) in [4.78, 5) is 0. The molecule has 0 amide bonds. The molecule has 1 aliphatic carbocycles. The molecule has 0 aliphatic heterocycles. The van der Waals surface area contributed by atoms with Crippen LogP contribution in [0.2, 0.25) is 0 Å². The molecule has 1 N–H and O–H groups in total. The van der Waals surface area contributed by atoms with Crippen molar-refractivity contribution in [1.29, 1.82) is 0 Å². The summed E-state index contributed by atoms with van der Waals surface area (Å²) in [7, 11) is 0. The molecule has 0 saturated heterocycles. The molecule has 0 heterocycles. The van der Waals surface area contributed by atoms with Crippen LogP contribution in [-0.2, 0) is 6.61 Å². The van der Waals surface area contributed by atoms with E-state index in [0.29, 0.717) is 12.5 Å². The van der Waals surface area contributed by atoms with Crippen LogP contribution in [0.15, 0.2) is 54.6 Å². The molecule has 0 radical (unpaired) electrons. The van der Waals surface area contributed by atoms with Gasteiger partial charge in [0.2, 0.25) is 0 Å². The van der Waals surface area contributed by atoms with E-state index in [1.807, 2.05) is 30.3 Å². The van der Waals surface area contributed by atoms with E-state index in [9.17, 15) is 5.11 Å². The average Bonchev–Trinajstić information content (AvgIpc) is 2.44. The Hall–Kier alpha value is -1.80. The lowest BCUT2D eigenvalue weighted by molar-refractivity contribution is 0.0746. The molecule has 1 aliphatic rings. The van der Waals surface area contributed by atoms with Gasteiger partial charge in [-0.15, -0.1) is 0 Å². The molecule has 2 heteroatoms. The van der Waals surface area contributed by atoms with Gasteiger partial charge in [0.05, 0.1) is 6.10 Å². The van der Waals surface area contributed by atoms with E-state index in [4.69, 9.17) is 4.74 Å². The van der Waals surface area contributed by atoms with Crippen LogP contribution in [0.1, 0.15) is 29.9 Å². The third-order valence-electron chi connectivity index (χ3n) is 3.71. The van der Waals surface area contributed by atoms with Crippen molar-refractivity contribution in [1.82, 2.24) is 0 Å². The first kappa shape index (κ1) is 12.2. The van der Waals surface area contributed by atoms with Crippen LogP contribution in [0.3, 0.4) is 0 Å². The molecule has 1 saturated carbocycles. The van der Waals surface area contributed by atoms with Crippen molar-refractivity contribution >= 4 is 0 Å². The number of benzene rings is 2. The summed E-state index contributed by atoms with van der Waals surface area (Å²) < 4.78 is 5.75. The van der Waals surface area contributed by atoms with Gasteiger partial charge in [-0.05, 0) is 42.0 Å². The molecule has 2 nitrogen and oxygen atoms in total. The maximum atomic E-state index is 9.32. The summed E-state index contributed by atoms with van der Waals surface area (Å²) in [6.45, 7) is 0.600. The van der Waals surface area contributed by atoms with Crippen molar-refractivity contribution in [3.8, 4) is 5.75 Å². The Balaban J connectivity index is 1.57. The normalized spacial score (nSPS) is 21.7. The Bertz CT molecular complexity index is 513. The molecule has 0 aromatic heterocycles. The highest BCUT2D eigenvalue weighted by molar-refractivity contribution is 5.31. The number of aliphatic hydroxyl groups excluding tert-OH is 1. The first-order chi connectivity index (χ1) is 9.31. The van der Waals surface area contributed by atoms with Gasteiger partial charge in [0.15, 0.2) is 0 Å². The van der Waals surface area contributed by atoms with E-state index < -0.39 is 0 Å². The molecule has 19 heavy (non-hydrogen) atoms. The van der Waals surface area contributed by atoms with Crippen LogP contribution in [0.4, 0.5) is 0 Å². The quantitative estimate of drug-likeness (QED) is 0.904. The zero-order valence-corrected chi connectivity index (χ0v) is 10.8. The van der Waals surface area contributed by atoms with Crippen LogP contribution in [-0.4, -0.2) is 11.2 Å². The summed E-state index contributed by atoms with van der Waals surface area (Å²) in [6, 6.07) is 18.4. The first-order valence-electron chi connectivity index (χ1n) is 6.76. The van der Waals surface area contributed by atoms with E-state index in [1.165, 1.54) is 11.1 Å². The van der Waals surface area contributed by atoms with Crippen molar-refractivity contribution in [3.63, 3.8) is 0 Å². The molecular formula is C17H18O2. The predicted molar refractivity (Wildman–Crippen MR) is 75.2 cm³/mol. The van der Waals surface area contributed by atoms with Gasteiger partial charge in [0.25, 0.3) is 0 Å². The highest BCUT2D eigenvalue weighted by Crippen LogP contribution is 2.37. The van der Waals surface area contributed by atoms with Crippen molar-refractivity contribution in [2.45, 2.75) is 31.5 Å². The van der Waals surface area contributed by atoms with E-state index in [0.717, 1.165) is 18.6 Å². The molecule has 0 unspecified atom stereocenters. The largest absolute Gasteiger partial charge is 0.489 e. The van der Waals surface area contributed by atoms with Crippen molar-refractivity contribution in [3.05, 3.63) is 65.7 Å². The third-order valence-corrected chi connectivity index (χ3v) is 3.71. The van der Waals surface area contributed by atoms with Gasteiger partial charge >= 0.3 is 0 Å². The molecule has 0 atom stereocenters. The highest BCUT2D eigenvalue weighted by Gasteiger charge is 2.28. The van der Waals surface area contributed by atoms with Crippen LogP contribution in [0.5, 0.6) is 5.75 Å². The molecule has 2 aromatic rings. The standard InChI is InChI=1S/C17H18O2/c18-16-10-15(11-16)14-6-8-17(9-7-14)19-12-13-4-2-1-3-5-13/h1-9,15-16,18H,10-12H2. The summed E-state index contributed by atoms with van der Waals surface area (Å²) in [5, 5.41) is 9.32. The van der Waals surface area contributed by atoms with Gasteiger partial charge in [-0.2, -0.15) is 0 Å². The van der Waals surface area contributed by atoms with Crippen LogP contribution in [0.25, 0.3) is 0 Å². The van der Waals surface area contributed by atoms with Crippen LogP contribution >= 0.6 is 0 Å². The minimum atomic E-state index is -0.0981. The molecule has 0 bridgehead atoms. The molecular weight excluding hydrogens is 236 g/mol. The molecule has 98 valence electrons. The topological polar surface area (TPSA) is 29.5 Å². The number of rotatable bonds is 4. The van der Waals surface area contributed by atoms with Gasteiger partial charge in [-0.25, -0.2) is 0 Å². The second-order valence-corrected chi connectivity index (χ2v) is 5.17. The Morgan fingerprint density at radius 3 is 2.26 bits per heavy atom. The monoisotopic (exact) mass is 254 g/mol. The zero-order valence-electron chi connectivity index (χ0n) is 10.8. The maximum Gasteiger partial charge on any atom is 0.119 e. The second kappa shape index (κ2) is 5.45. The molecule has 2 aromatic carbocycles. The second-order valence-electron chi connectivity index (χ2n) is 5.17. The van der Waals surface area contributed by atoms with Gasteiger partial charge < -0.3 is 9.84 Å². The minimum Gasteiger partial charge on any atom is -0.489 e. The van der Waals surface area contributed by atoms with Gasteiger partial charge in [-0.3, -0.25) is 0 Å². The van der Waals surface area contributed by atoms with E-state index in [1.54, 1.807) is 0 Å². The lowest BCUT2D eigenvalue weighted by atomic mass is 9.78. The van der Waals surface area contributed by atoms with Crippen molar-refractivity contribution in [2.75, 3.05) is 0 Å². The molecule has 0 spiro atoms. The maximum absolute atomic E-state index is 9.32. The Morgan fingerprint density at radius 2 is 1.63 bits per heavy atom. The Morgan fingerprint density at radius 1 is 0.947 bits per heavy atom. The minimum absolute atomic E-state index is 0.0981. The summed E-state index contributed by atoms with van der Waals surface area (Å²) >= 11 is 0. The number of hydrogen-bond donors (Lipinski definition) is 1. The highest BCUT2D eigenvalue weighted by atomic mass is 16.5. The van der Waals surface area contributed by atoms with Gasteiger partial charge in [-0.1, -0.05) is 42.5 Å². The van der Waals surface area contributed by atoms with Gasteiger partial charge in [0, 0.05) is 0 Å². The lowest BCUT2D eigenvalue weighted by Crippen LogP contribution is -2.26. The smallest absolute Gasteiger partial charge is 0.119 e. The van der Waals surface area contributed by atoms with Crippen molar-refractivity contribution in [2.24, 2.45) is 0 Å².